The van der Waals surface area contributed by atoms with Crippen LogP contribution in [-0.4, -0.2) is 36.0 Å². The first-order valence-electron chi connectivity index (χ1n) is 8.72. The topological polar surface area (TPSA) is 63.5 Å². The highest BCUT2D eigenvalue weighted by Gasteiger charge is 2.21. The average Bonchev–Trinajstić information content (AvgIpc) is 2.95. The Bertz CT molecular complexity index is 997. The molecule has 1 aromatic heterocycles. The number of benzene rings is 2. The van der Waals surface area contributed by atoms with Crippen LogP contribution in [-0.2, 0) is 11.4 Å². The van der Waals surface area contributed by atoms with E-state index in [1.165, 1.54) is 4.90 Å². The normalized spacial score (nSPS) is 15.8. The maximum atomic E-state index is 10.8. The highest BCUT2D eigenvalue weighted by atomic mass is 35.5. The van der Waals surface area contributed by atoms with Gasteiger partial charge in [0.25, 0.3) is 0 Å². The van der Waals surface area contributed by atoms with Crippen LogP contribution < -0.4 is 4.90 Å². The maximum absolute atomic E-state index is 10.8. The van der Waals surface area contributed by atoms with Gasteiger partial charge >= 0.3 is 0 Å². The first-order valence-corrected chi connectivity index (χ1v) is 9.47. The third-order valence-electron chi connectivity index (χ3n) is 4.67. The molecular weight excluding hydrogens is 387 g/mol. The van der Waals surface area contributed by atoms with E-state index in [4.69, 9.17) is 27.9 Å². The van der Waals surface area contributed by atoms with E-state index in [9.17, 15) is 5.11 Å². The Kier molecular flexibility index (Phi) is 5.31. The van der Waals surface area contributed by atoms with Gasteiger partial charge in [0.2, 0.25) is 5.88 Å². The van der Waals surface area contributed by atoms with Crippen molar-refractivity contribution in [3.63, 3.8) is 0 Å². The molecule has 1 aliphatic heterocycles. The van der Waals surface area contributed by atoms with Gasteiger partial charge in [-0.05, 0) is 24.3 Å². The standard InChI is InChI=1S/C19H18Cl2N4O2/c20-15-6-5-13(11-16(15)21)22-23-18-14-3-1-2-4-17(14)25(19(18)26)12-24-7-9-27-10-8-24/h1-6,11,26H,7-10,12H2/p+1. The number of hydrogen-bond acceptors (Lipinski definition) is 4. The van der Waals surface area contributed by atoms with Gasteiger partial charge in [0.15, 0.2) is 12.4 Å². The SMILES string of the molecule is Oc1c(N=Nc2ccc(Cl)c(Cl)c2)c2ccccc2n1C[NH+]1CCOCC1. The van der Waals surface area contributed by atoms with Crippen LogP contribution in [0.5, 0.6) is 5.88 Å². The van der Waals surface area contributed by atoms with E-state index in [0.717, 1.165) is 37.2 Å². The number of para-hydroxylation sites is 1. The lowest BCUT2D eigenvalue weighted by Crippen LogP contribution is -3.13. The molecule has 0 radical (unpaired) electrons. The van der Waals surface area contributed by atoms with Gasteiger partial charge in [0, 0.05) is 5.39 Å². The van der Waals surface area contributed by atoms with Crippen molar-refractivity contribution in [2.24, 2.45) is 10.2 Å². The van der Waals surface area contributed by atoms with E-state index in [1.807, 2.05) is 28.8 Å². The van der Waals surface area contributed by atoms with Crippen LogP contribution in [0.2, 0.25) is 10.0 Å². The first kappa shape index (κ1) is 18.3. The lowest BCUT2D eigenvalue weighted by atomic mass is 10.2. The van der Waals surface area contributed by atoms with Crippen molar-refractivity contribution in [1.82, 2.24) is 4.57 Å². The zero-order chi connectivity index (χ0) is 18.8. The summed E-state index contributed by atoms with van der Waals surface area (Å²) in [7, 11) is 0. The molecule has 27 heavy (non-hydrogen) atoms. The van der Waals surface area contributed by atoms with Crippen LogP contribution in [0.15, 0.2) is 52.7 Å². The number of nitrogens with one attached hydrogen (secondary N) is 1. The third-order valence-corrected chi connectivity index (χ3v) is 5.41. The number of quaternary nitrogens is 1. The van der Waals surface area contributed by atoms with Crippen LogP contribution in [0.25, 0.3) is 10.9 Å². The predicted molar refractivity (Wildman–Crippen MR) is 106 cm³/mol. The Hall–Kier alpha value is -2.12. The van der Waals surface area contributed by atoms with Gasteiger partial charge in [-0.3, -0.25) is 4.57 Å². The highest BCUT2D eigenvalue weighted by Crippen LogP contribution is 2.39. The van der Waals surface area contributed by atoms with Crippen molar-refractivity contribution in [1.29, 1.82) is 0 Å². The number of fused-ring (bicyclic) bond motifs is 1. The van der Waals surface area contributed by atoms with Crippen LogP contribution >= 0.6 is 23.2 Å². The number of ether oxygens (including phenoxy) is 1. The van der Waals surface area contributed by atoms with E-state index in [0.29, 0.717) is 28.1 Å². The summed E-state index contributed by atoms with van der Waals surface area (Å²) < 4.78 is 7.31. The van der Waals surface area contributed by atoms with Crippen molar-refractivity contribution >= 4 is 45.5 Å². The Morgan fingerprint density at radius 3 is 2.59 bits per heavy atom. The molecule has 0 saturated carbocycles. The minimum atomic E-state index is 0.110. The van der Waals surface area contributed by atoms with Crippen molar-refractivity contribution in [3.05, 3.63) is 52.5 Å². The molecule has 2 heterocycles. The van der Waals surface area contributed by atoms with E-state index in [2.05, 4.69) is 10.2 Å². The molecule has 2 N–H and O–H groups in total. The number of azo groups is 1. The molecule has 1 saturated heterocycles. The van der Waals surface area contributed by atoms with E-state index in [1.54, 1.807) is 18.2 Å². The average molecular weight is 406 g/mol. The molecule has 0 spiro atoms. The summed E-state index contributed by atoms with van der Waals surface area (Å²) in [6, 6.07) is 12.8. The van der Waals surface area contributed by atoms with Crippen LogP contribution in [0.3, 0.4) is 0 Å². The smallest absolute Gasteiger partial charge is 0.225 e. The molecule has 1 aliphatic rings. The zero-order valence-corrected chi connectivity index (χ0v) is 16.0. The Balaban J connectivity index is 1.70. The summed E-state index contributed by atoms with van der Waals surface area (Å²) in [5.74, 6) is 0.110. The largest absolute Gasteiger partial charge is 0.493 e. The van der Waals surface area contributed by atoms with Gasteiger partial charge in [0.1, 0.15) is 13.1 Å². The molecule has 0 amide bonds. The summed E-state index contributed by atoms with van der Waals surface area (Å²) in [5, 5.41) is 21.1. The summed E-state index contributed by atoms with van der Waals surface area (Å²) in [4.78, 5) is 1.35. The molecule has 4 rings (SSSR count). The minimum absolute atomic E-state index is 0.110. The molecule has 1 fully saturated rings. The summed E-state index contributed by atoms with van der Waals surface area (Å²) in [6.45, 7) is 3.94. The number of halogens is 2. The second-order valence-corrected chi connectivity index (χ2v) is 7.25. The monoisotopic (exact) mass is 405 g/mol. The molecule has 0 atom stereocenters. The number of morpholine rings is 1. The van der Waals surface area contributed by atoms with Crippen molar-refractivity contribution in [2.45, 2.75) is 6.67 Å². The number of aromatic nitrogens is 1. The number of aromatic hydroxyl groups is 1. The van der Waals surface area contributed by atoms with Crippen LogP contribution in [0, 0.1) is 0 Å². The quantitative estimate of drug-likeness (QED) is 0.645. The number of rotatable bonds is 4. The van der Waals surface area contributed by atoms with Gasteiger partial charge in [-0.1, -0.05) is 41.4 Å². The number of hydrogen-bond donors (Lipinski definition) is 2. The van der Waals surface area contributed by atoms with Crippen molar-refractivity contribution < 1.29 is 14.7 Å². The Morgan fingerprint density at radius 2 is 1.81 bits per heavy atom. The zero-order valence-electron chi connectivity index (χ0n) is 14.5. The van der Waals surface area contributed by atoms with Crippen LogP contribution in [0.4, 0.5) is 11.4 Å². The molecule has 140 valence electrons. The fourth-order valence-corrected chi connectivity index (χ4v) is 3.52. The van der Waals surface area contributed by atoms with E-state index < -0.39 is 0 Å². The molecule has 3 aromatic rings. The lowest BCUT2D eigenvalue weighted by molar-refractivity contribution is -0.930. The molecule has 8 heteroatoms. The van der Waals surface area contributed by atoms with Crippen molar-refractivity contribution in [2.75, 3.05) is 26.3 Å². The van der Waals surface area contributed by atoms with E-state index >= 15 is 0 Å². The molecular formula is C19H19Cl2N4O2+. The predicted octanol–water partition coefficient (Wildman–Crippen LogP) is 3.94. The van der Waals surface area contributed by atoms with Gasteiger partial charge in [-0.25, -0.2) is 0 Å². The lowest BCUT2D eigenvalue weighted by Gasteiger charge is -2.24. The second kappa shape index (κ2) is 7.86. The molecule has 0 aliphatic carbocycles. The second-order valence-electron chi connectivity index (χ2n) is 6.44. The molecule has 2 aromatic carbocycles. The maximum Gasteiger partial charge on any atom is 0.225 e. The summed E-state index contributed by atoms with van der Waals surface area (Å²) in [5.41, 5.74) is 1.95. The minimum Gasteiger partial charge on any atom is -0.493 e. The Labute approximate surface area is 166 Å². The van der Waals surface area contributed by atoms with Crippen molar-refractivity contribution in [3.8, 4) is 5.88 Å². The Morgan fingerprint density at radius 1 is 1.04 bits per heavy atom. The van der Waals surface area contributed by atoms with Gasteiger partial charge in [-0.2, -0.15) is 5.11 Å². The van der Waals surface area contributed by atoms with Gasteiger partial charge < -0.3 is 14.7 Å². The summed E-state index contributed by atoms with van der Waals surface area (Å²) >= 11 is 12.0. The molecule has 0 bridgehead atoms. The fourth-order valence-electron chi connectivity index (χ4n) is 3.23. The third kappa shape index (κ3) is 3.80. The van der Waals surface area contributed by atoms with Gasteiger partial charge in [0.05, 0.1) is 34.5 Å². The summed E-state index contributed by atoms with van der Waals surface area (Å²) in [6.07, 6.45) is 0. The molecule has 6 nitrogen and oxygen atoms in total. The first-order chi connectivity index (χ1) is 13.1. The van der Waals surface area contributed by atoms with Gasteiger partial charge in [-0.15, -0.1) is 5.11 Å². The highest BCUT2D eigenvalue weighted by molar-refractivity contribution is 6.42. The number of nitrogens with zero attached hydrogens (tertiary/aromatic N) is 3. The van der Waals surface area contributed by atoms with E-state index in [-0.39, 0.29) is 5.88 Å². The van der Waals surface area contributed by atoms with Crippen LogP contribution in [0.1, 0.15) is 0 Å². The molecule has 0 unspecified atom stereocenters. The fraction of sp³-hybridized carbons (Fsp3) is 0.263.